The van der Waals surface area contributed by atoms with E-state index in [1.54, 1.807) is 6.07 Å². The highest BCUT2D eigenvalue weighted by molar-refractivity contribution is 5.97. The number of ether oxygens (including phenoxy) is 1. The number of nitrogens with one attached hydrogen (secondary N) is 3. The summed E-state index contributed by atoms with van der Waals surface area (Å²) in [7, 11) is 0. The summed E-state index contributed by atoms with van der Waals surface area (Å²) in [5, 5.41) is 11.4. The van der Waals surface area contributed by atoms with Crippen molar-refractivity contribution in [3.63, 3.8) is 0 Å². The third-order valence-corrected chi connectivity index (χ3v) is 4.56. The number of hydrogen-bond acceptors (Lipinski definition) is 3. The number of aromatic nitrogens is 3. The van der Waals surface area contributed by atoms with Gasteiger partial charge in [-0.3, -0.25) is 9.89 Å². The van der Waals surface area contributed by atoms with Gasteiger partial charge in [-0.25, -0.2) is 8.78 Å². The second-order valence-electron chi connectivity index (χ2n) is 6.42. The molecule has 4 aromatic rings. The largest absolute Gasteiger partial charge is 0.491 e. The van der Waals surface area contributed by atoms with Crippen molar-refractivity contribution in [3.8, 4) is 17.1 Å². The van der Waals surface area contributed by atoms with Crippen LogP contribution in [0, 0.1) is 0 Å². The second-order valence-corrected chi connectivity index (χ2v) is 6.42. The van der Waals surface area contributed by atoms with Crippen LogP contribution in [0.15, 0.2) is 55.1 Å². The van der Waals surface area contributed by atoms with Crippen LogP contribution in [0.3, 0.4) is 0 Å². The van der Waals surface area contributed by atoms with Crippen LogP contribution in [0.5, 0.6) is 5.75 Å². The third kappa shape index (κ3) is 3.69. The van der Waals surface area contributed by atoms with Crippen molar-refractivity contribution in [2.75, 3.05) is 13.2 Å². The monoisotopic (exact) mass is 396 g/mol. The van der Waals surface area contributed by atoms with Crippen LogP contribution in [-0.2, 0) is 4.79 Å². The van der Waals surface area contributed by atoms with Crippen LogP contribution >= 0.6 is 0 Å². The minimum atomic E-state index is -2.53. The van der Waals surface area contributed by atoms with Gasteiger partial charge >= 0.3 is 0 Å². The molecule has 0 spiro atoms. The molecular formula is C21H18F2N4O2. The molecule has 0 aliphatic heterocycles. The molecule has 2 aromatic carbocycles. The van der Waals surface area contributed by atoms with E-state index < -0.39 is 6.43 Å². The predicted molar refractivity (Wildman–Crippen MR) is 107 cm³/mol. The Bertz CT molecular complexity index is 1200. The zero-order valence-electron chi connectivity index (χ0n) is 15.3. The highest BCUT2D eigenvalue weighted by Crippen LogP contribution is 2.33. The Balaban J connectivity index is 1.62. The smallest absolute Gasteiger partial charge is 0.263 e. The SMILES string of the molecule is C=CC(=O)NCCOc1cccc2[nH]c(-c3n[nH]c4cc(C(F)F)ccc34)cc12. The molecule has 29 heavy (non-hydrogen) atoms. The number of H-pyrrole nitrogens is 2. The number of carbonyl (C=O) groups excluding carboxylic acids is 1. The second kappa shape index (κ2) is 7.75. The molecule has 8 heteroatoms. The van der Waals surface area contributed by atoms with Gasteiger partial charge in [0, 0.05) is 21.9 Å². The summed E-state index contributed by atoms with van der Waals surface area (Å²) in [5.74, 6) is 0.411. The van der Waals surface area contributed by atoms with Crippen molar-refractivity contribution in [3.05, 3.63) is 60.7 Å². The first-order chi connectivity index (χ1) is 14.1. The molecule has 0 saturated carbocycles. The quantitative estimate of drug-likeness (QED) is 0.321. The minimum Gasteiger partial charge on any atom is -0.491 e. The number of rotatable bonds is 7. The number of hydrogen-bond donors (Lipinski definition) is 3. The topological polar surface area (TPSA) is 82.8 Å². The van der Waals surface area contributed by atoms with Gasteiger partial charge in [0.05, 0.1) is 17.8 Å². The van der Waals surface area contributed by atoms with E-state index in [1.807, 2.05) is 24.3 Å². The van der Waals surface area contributed by atoms with Crippen molar-refractivity contribution < 1.29 is 18.3 Å². The molecule has 0 aliphatic carbocycles. The highest BCUT2D eigenvalue weighted by atomic mass is 19.3. The molecule has 2 aromatic heterocycles. The average Bonchev–Trinajstić information content (AvgIpc) is 3.34. The summed E-state index contributed by atoms with van der Waals surface area (Å²) in [4.78, 5) is 14.5. The molecule has 148 valence electrons. The van der Waals surface area contributed by atoms with Crippen LogP contribution < -0.4 is 10.1 Å². The van der Waals surface area contributed by atoms with E-state index in [0.717, 1.165) is 22.0 Å². The zero-order chi connectivity index (χ0) is 20.4. The third-order valence-electron chi connectivity index (χ3n) is 4.56. The first-order valence-corrected chi connectivity index (χ1v) is 8.98. The maximum atomic E-state index is 12.9. The number of fused-ring (bicyclic) bond motifs is 2. The summed E-state index contributed by atoms with van der Waals surface area (Å²) >= 11 is 0. The van der Waals surface area contributed by atoms with Gasteiger partial charge < -0.3 is 15.0 Å². The van der Waals surface area contributed by atoms with E-state index in [9.17, 15) is 13.6 Å². The zero-order valence-corrected chi connectivity index (χ0v) is 15.3. The Morgan fingerprint density at radius 3 is 2.86 bits per heavy atom. The van der Waals surface area contributed by atoms with Crippen molar-refractivity contribution in [1.82, 2.24) is 20.5 Å². The average molecular weight is 396 g/mol. The lowest BCUT2D eigenvalue weighted by Gasteiger charge is -2.07. The maximum Gasteiger partial charge on any atom is 0.263 e. The fourth-order valence-electron chi connectivity index (χ4n) is 3.17. The number of benzene rings is 2. The van der Waals surface area contributed by atoms with Crippen LogP contribution in [0.4, 0.5) is 8.78 Å². The molecule has 0 aliphatic rings. The lowest BCUT2D eigenvalue weighted by atomic mass is 10.1. The van der Waals surface area contributed by atoms with Crippen LogP contribution in [-0.4, -0.2) is 34.2 Å². The van der Waals surface area contributed by atoms with E-state index in [2.05, 4.69) is 27.1 Å². The molecular weight excluding hydrogens is 378 g/mol. The van der Waals surface area contributed by atoms with Crippen molar-refractivity contribution >= 4 is 27.7 Å². The highest BCUT2D eigenvalue weighted by Gasteiger charge is 2.15. The fraction of sp³-hybridized carbons (Fsp3) is 0.143. The standard InChI is InChI=1S/C21H18F2N4O2/c1-2-19(28)24-8-9-29-18-5-3-4-15-14(18)11-17(25-15)20-13-7-6-12(21(22)23)10-16(13)26-27-20/h2-7,10-11,21,25H,1,8-9H2,(H,24,28)(H,26,27). The lowest BCUT2D eigenvalue weighted by molar-refractivity contribution is -0.116. The molecule has 0 unspecified atom stereocenters. The molecule has 2 heterocycles. The molecule has 0 saturated heterocycles. The van der Waals surface area contributed by atoms with Gasteiger partial charge in [0.25, 0.3) is 6.43 Å². The van der Waals surface area contributed by atoms with E-state index in [1.165, 1.54) is 18.2 Å². The minimum absolute atomic E-state index is 0.0522. The molecule has 0 atom stereocenters. The van der Waals surface area contributed by atoms with Gasteiger partial charge in [0.2, 0.25) is 5.91 Å². The summed E-state index contributed by atoms with van der Waals surface area (Å²) in [6, 6.07) is 12.0. The van der Waals surface area contributed by atoms with Crippen molar-refractivity contribution in [2.45, 2.75) is 6.43 Å². The molecule has 3 N–H and O–H groups in total. The van der Waals surface area contributed by atoms with Gasteiger partial charge in [0.1, 0.15) is 18.1 Å². The first kappa shape index (κ1) is 18.7. The molecule has 0 radical (unpaired) electrons. The summed E-state index contributed by atoms with van der Waals surface area (Å²) in [6.07, 6.45) is -1.33. The summed E-state index contributed by atoms with van der Waals surface area (Å²) in [5.41, 5.74) is 2.73. The van der Waals surface area contributed by atoms with Gasteiger partial charge in [-0.05, 0) is 30.3 Å². The fourth-order valence-corrected chi connectivity index (χ4v) is 3.17. The maximum absolute atomic E-state index is 12.9. The number of halogens is 2. The van der Waals surface area contributed by atoms with Crippen molar-refractivity contribution in [2.24, 2.45) is 0 Å². The molecule has 1 amide bonds. The summed E-state index contributed by atoms with van der Waals surface area (Å²) in [6.45, 7) is 4.06. The molecule has 0 fully saturated rings. The Labute approximate surface area is 164 Å². The van der Waals surface area contributed by atoms with Crippen LogP contribution in [0.2, 0.25) is 0 Å². The van der Waals surface area contributed by atoms with Crippen molar-refractivity contribution in [1.29, 1.82) is 0 Å². The Morgan fingerprint density at radius 2 is 2.07 bits per heavy atom. The lowest BCUT2D eigenvalue weighted by Crippen LogP contribution is -2.26. The number of amides is 1. The van der Waals surface area contributed by atoms with E-state index in [0.29, 0.717) is 30.1 Å². The van der Waals surface area contributed by atoms with Gasteiger partial charge in [-0.15, -0.1) is 0 Å². The number of carbonyl (C=O) groups is 1. The molecule has 0 bridgehead atoms. The van der Waals surface area contributed by atoms with E-state index in [4.69, 9.17) is 4.74 Å². The number of alkyl halides is 2. The van der Waals surface area contributed by atoms with E-state index in [-0.39, 0.29) is 11.5 Å². The van der Waals surface area contributed by atoms with Gasteiger partial charge in [-0.2, -0.15) is 5.10 Å². The van der Waals surface area contributed by atoms with E-state index >= 15 is 0 Å². The number of aromatic amines is 2. The van der Waals surface area contributed by atoms with Crippen LogP contribution in [0.1, 0.15) is 12.0 Å². The predicted octanol–water partition coefficient (Wildman–Crippen LogP) is 4.33. The Kier molecular flexibility index (Phi) is 4.99. The molecule has 4 rings (SSSR count). The normalized spacial score (nSPS) is 11.3. The summed E-state index contributed by atoms with van der Waals surface area (Å²) < 4.78 is 31.6. The van der Waals surface area contributed by atoms with Crippen LogP contribution in [0.25, 0.3) is 33.2 Å². The first-order valence-electron chi connectivity index (χ1n) is 8.98. The van der Waals surface area contributed by atoms with Gasteiger partial charge in [0.15, 0.2) is 0 Å². The Morgan fingerprint density at radius 1 is 1.21 bits per heavy atom. The van der Waals surface area contributed by atoms with Gasteiger partial charge in [-0.1, -0.05) is 24.8 Å². The Hall–Kier alpha value is -3.68. The number of nitrogens with zero attached hydrogens (tertiary/aromatic N) is 1. The molecule has 6 nitrogen and oxygen atoms in total.